The highest BCUT2D eigenvalue weighted by molar-refractivity contribution is 6.04. The number of rotatable bonds is 5. The second-order valence-corrected chi connectivity index (χ2v) is 6.42. The molecule has 0 atom stereocenters. The first-order chi connectivity index (χ1) is 12.2. The molecule has 0 spiro atoms. The van der Waals surface area contributed by atoms with Crippen molar-refractivity contribution >= 4 is 17.8 Å². The van der Waals surface area contributed by atoms with Gasteiger partial charge in [0.1, 0.15) is 0 Å². The summed E-state index contributed by atoms with van der Waals surface area (Å²) >= 11 is 0. The summed E-state index contributed by atoms with van der Waals surface area (Å²) in [6, 6.07) is 18.7. The van der Waals surface area contributed by atoms with E-state index in [-0.39, 0.29) is 5.78 Å². The fourth-order valence-corrected chi connectivity index (χ4v) is 3.31. The molecule has 3 nitrogen and oxygen atoms in total. The van der Waals surface area contributed by atoms with Crippen molar-refractivity contribution < 1.29 is 14.3 Å². The van der Waals surface area contributed by atoms with E-state index in [1.807, 2.05) is 48.5 Å². The van der Waals surface area contributed by atoms with Crippen LogP contribution < -0.4 is 0 Å². The number of esters is 1. The number of ether oxygens (including phenoxy) is 1. The van der Waals surface area contributed by atoms with Crippen molar-refractivity contribution in [3.05, 3.63) is 77.9 Å². The van der Waals surface area contributed by atoms with Gasteiger partial charge in [-0.3, -0.25) is 4.79 Å². The zero-order chi connectivity index (χ0) is 17.5. The summed E-state index contributed by atoms with van der Waals surface area (Å²) in [6.45, 7) is 0. The quantitative estimate of drug-likeness (QED) is 0.447. The molecule has 0 aliphatic heterocycles. The lowest BCUT2D eigenvalue weighted by molar-refractivity contribution is -0.151. The van der Waals surface area contributed by atoms with Gasteiger partial charge in [-0.15, -0.1) is 0 Å². The fourth-order valence-electron chi connectivity index (χ4n) is 3.31. The molecule has 0 heterocycles. The maximum Gasteiger partial charge on any atom is 0.331 e. The van der Waals surface area contributed by atoms with Crippen LogP contribution in [0.4, 0.5) is 0 Å². The minimum Gasteiger partial charge on any atom is -0.447 e. The molecule has 1 saturated carbocycles. The smallest absolute Gasteiger partial charge is 0.331 e. The minimum atomic E-state index is -1.03. The molecule has 0 saturated heterocycles. The molecule has 1 aliphatic rings. The summed E-state index contributed by atoms with van der Waals surface area (Å²) in [4.78, 5) is 25.4. The first-order valence-corrected chi connectivity index (χ1v) is 8.76. The molecule has 0 radical (unpaired) electrons. The van der Waals surface area contributed by atoms with E-state index in [2.05, 4.69) is 0 Å². The number of carbonyl (C=O) groups is 2. The van der Waals surface area contributed by atoms with Crippen LogP contribution in [0.5, 0.6) is 0 Å². The van der Waals surface area contributed by atoms with Gasteiger partial charge >= 0.3 is 5.97 Å². The maximum absolute atomic E-state index is 13.0. The molecule has 1 aliphatic carbocycles. The molecule has 0 unspecified atom stereocenters. The van der Waals surface area contributed by atoms with Gasteiger partial charge in [-0.05, 0) is 37.3 Å². The largest absolute Gasteiger partial charge is 0.447 e. The summed E-state index contributed by atoms with van der Waals surface area (Å²) in [5.74, 6) is -0.552. The molecule has 0 aromatic heterocycles. The third kappa shape index (κ3) is 4.24. The van der Waals surface area contributed by atoms with E-state index in [1.165, 1.54) is 6.08 Å². The van der Waals surface area contributed by atoms with Crippen LogP contribution in [0.15, 0.2) is 66.7 Å². The Morgan fingerprint density at radius 2 is 1.44 bits per heavy atom. The van der Waals surface area contributed by atoms with E-state index in [0.29, 0.717) is 18.4 Å². The lowest BCUT2D eigenvalue weighted by Gasteiger charge is -2.35. The Labute approximate surface area is 148 Å². The average Bonchev–Trinajstić information content (AvgIpc) is 2.68. The second-order valence-electron chi connectivity index (χ2n) is 6.42. The molecule has 0 amide bonds. The van der Waals surface area contributed by atoms with Gasteiger partial charge in [0.2, 0.25) is 5.78 Å². The Balaban J connectivity index is 1.78. The van der Waals surface area contributed by atoms with Gasteiger partial charge in [-0.2, -0.15) is 0 Å². The standard InChI is InChI=1S/C22H22O3/c23-20(15-14-18-10-4-1-5-11-18)25-22(16-8-3-9-17-22)21(24)19-12-6-2-7-13-19/h1-2,4-7,10-15H,3,8-9,16-17H2/b15-14+. The molecular weight excluding hydrogens is 312 g/mol. The van der Waals surface area contributed by atoms with Crippen LogP contribution in [-0.4, -0.2) is 17.4 Å². The zero-order valence-corrected chi connectivity index (χ0v) is 14.2. The van der Waals surface area contributed by atoms with Gasteiger partial charge in [0.25, 0.3) is 0 Å². The maximum atomic E-state index is 13.0. The third-order valence-corrected chi connectivity index (χ3v) is 4.62. The van der Waals surface area contributed by atoms with E-state index in [0.717, 1.165) is 24.8 Å². The van der Waals surface area contributed by atoms with Crippen LogP contribution in [0.2, 0.25) is 0 Å². The van der Waals surface area contributed by atoms with Gasteiger partial charge < -0.3 is 4.74 Å². The molecular formula is C22H22O3. The number of hydrogen-bond acceptors (Lipinski definition) is 3. The first-order valence-electron chi connectivity index (χ1n) is 8.76. The van der Waals surface area contributed by atoms with Crippen LogP contribution >= 0.6 is 0 Å². The Bertz CT molecular complexity index is 741. The van der Waals surface area contributed by atoms with E-state index >= 15 is 0 Å². The first kappa shape index (κ1) is 17.2. The van der Waals surface area contributed by atoms with Crippen molar-refractivity contribution in [2.24, 2.45) is 0 Å². The number of benzene rings is 2. The average molecular weight is 334 g/mol. The number of ketones is 1. The van der Waals surface area contributed by atoms with Gasteiger partial charge in [0.15, 0.2) is 5.60 Å². The zero-order valence-electron chi connectivity index (χ0n) is 14.2. The lowest BCUT2D eigenvalue weighted by atomic mass is 9.79. The Hall–Kier alpha value is -2.68. The predicted octanol–water partition coefficient (Wildman–Crippen LogP) is 4.83. The van der Waals surface area contributed by atoms with Gasteiger partial charge in [-0.25, -0.2) is 4.79 Å². The van der Waals surface area contributed by atoms with Crippen molar-refractivity contribution in [2.45, 2.75) is 37.7 Å². The molecule has 3 rings (SSSR count). The monoisotopic (exact) mass is 334 g/mol. The summed E-state index contributed by atoms with van der Waals surface area (Å²) in [5.41, 5.74) is 0.494. The molecule has 128 valence electrons. The third-order valence-electron chi connectivity index (χ3n) is 4.62. The normalized spacial score (nSPS) is 16.5. The second kappa shape index (κ2) is 7.93. The fraction of sp³-hybridized carbons (Fsp3) is 0.273. The van der Waals surface area contributed by atoms with E-state index < -0.39 is 11.6 Å². The Morgan fingerprint density at radius 1 is 0.840 bits per heavy atom. The Morgan fingerprint density at radius 3 is 2.08 bits per heavy atom. The van der Waals surface area contributed by atoms with Crippen molar-refractivity contribution in [1.82, 2.24) is 0 Å². The van der Waals surface area contributed by atoms with Crippen LogP contribution in [0.25, 0.3) is 6.08 Å². The summed E-state index contributed by atoms with van der Waals surface area (Å²) in [6.07, 6.45) is 7.16. The van der Waals surface area contributed by atoms with Crippen molar-refractivity contribution in [3.8, 4) is 0 Å². The molecule has 2 aromatic rings. The highest BCUT2D eigenvalue weighted by atomic mass is 16.6. The van der Waals surface area contributed by atoms with Crippen LogP contribution in [0, 0.1) is 0 Å². The van der Waals surface area contributed by atoms with Crippen molar-refractivity contribution in [2.75, 3.05) is 0 Å². The number of hydrogen-bond donors (Lipinski definition) is 0. The van der Waals surface area contributed by atoms with Gasteiger partial charge in [0, 0.05) is 11.6 Å². The lowest BCUT2D eigenvalue weighted by Crippen LogP contribution is -2.44. The highest BCUT2D eigenvalue weighted by Crippen LogP contribution is 2.35. The van der Waals surface area contributed by atoms with E-state index in [4.69, 9.17) is 4.74 Å². The van der Waals surface area contributed by atoms with E-state index in [9.17, 15) is 9.59 Å². The van der Waals surface area contributed by atoms with Crippen LogP contribution in [0.3, 0.4) is 0 Å². The minimum absolute atomic E-state index is 0.0886. The number of Topliss-reactive ketones (excluding diaryl/α,β-unsaturated/α-hetero) is 1. The summed E-state index contributed by atoms with van der Waals surface area (Å²) in [5, 5.41) is 0. The molecule has 25 heavy (non-hydrogen) atoms. The van der Waals surface area contributed by atoms with Crippen LogP contribution in [0.1, 0.15) is 48.0 Å². The van der Waals surface area contributed by atoms with Crippen LogP contribution in [-0.2, 0) is 9.53 Å². The SMILES string of the molecule is O=C(/C=C/c1ccccc1)OC1(C(=O)c2ccccc2)CCCCC1. The molecule has 0 N–H and O–H groups in total. The van der Waals surface area contributed by atoms with E-state index in [1.54, 1.807) is 18.2 Å². The molecule has 3 heteroatoms. The molecule has 1 fully saturated rings. The highest BCUT2D eigenvalue weighted by Gasteiger charge is 2.43. The number of carbonyl (C=O) groups excluding carboxylic acids is 2. The van der Waals surface area contributed by atoms with Crippen molar-refractivity contribution in [3.63, 3.8) is 0 Å². The predicted molar refractivity (Wildman–Crippen MR) is 98.2 cm³/mol. The van der Waals surface area contributed by atoms with Gasteiger partial charge in [0.05, 0.1) is 0 Å². The van der Waals surface area contributed by atoms with Gasteiger partial charge in [-0.1, -0.05) is 67.1 Å². The molecule has 0 bridgehead atoms. The summed E-state index contributed by atoms with van der Waals surface area (Å²) < 4.78 is 5.74. The summed E-state index contributed by atoms with van der Waals surface area (Å²) in [7, 11) is 0. The topological polar surface area (TPSA) is 43.4 Å². The van der Waals surface area contributed by atoms with Crippen molar-refractivity contribution in [1.29, 1.82) is 0 Å². The molecule has 2 aromatic carbocycles. The Kier molecular flexibility index (Phi) is 5.44.